The maximum atomic E-state index is 12.4. The Morgan fingerprint density at radius 1 is 1.09 bits per heavy atom. The molecule has 0 fully saturated rings. The van der Waals surface area contributed by atoms with E-state index in [0.717, 1.165) is 29.9 Å². The molecule has 22 heavy (non-hydrogen) atoms. The van der Waals surface area contributed by atoms with E-state index in [9.17, 15) is 4.79 Å². The maximum Gasteiger partial charge on any atom is 0.274 e. The van der Waals surface area contributed by atoms with Crippen LogP contribution in [0.3, 0.4) is 0 Å². The van der Waals surface area contributed by atoms with Crippen LogP contribution < -0.4 is 10.6 Å². The number of hydrogen-bond donors (Lipinski definition) is 2. The number of rotatable bonds is 5. The van der Waals surface area contributed by atoms with E-state index in [-0.39, 0.29) is 5.91 Å². The normalized spacial score (nSPS) is 10.4. The number of nitrogens with one attached hydrogen (secondary N) is 2. The molecule has 0 saturated carbocycles. The molecule has 0 saturated heterocycles. The molecule has 1 amide bonds. The molecule has 0 aliphatic carbocycles. The minimum absolute atomic E-state index is 0.228. The van der Waals surface area contributed by atoms with Gasteiger partial charge in [-0.15, -0.1) is 0 Å². The second kappa shape index (κ2) is 7.02. The molecule has 0 unspecified atom stereocenters. The Balaban J connectivity index is 2.17. The van der Waals surface area contributed by atoms with Crippen molar-refractivity contribution in [1.82, 2.24) is 9.97 Å². The Bertz CT molecular complexity index is 682. The number of carbonyl (C=O) groups is 1. The fraction of sp³-hybridized carbons (Fsp3) is 0.353. The Hall–Kier alpha value is -2.43. The van der Waals surface area contributed by atoms with Crippen molar-refractivity contribution in [3.8, 4) is 0 Å². The lowest BCUT2D eigenvalue weighted by Crippen LogP contribution is -2.16. The van der Waals surface area contributed by atoms with Gasteiger partial charge in [-0.2, -0.15) is 0 Å². The zero-order valence-corrected chi connectivity index (χ0v) is 13.5. The highest BCUT2D eigenvalue weighted by molar-refractivity contribution is 6.03. The van der Waals surface area contributed by atoms with E-state index in [0.29, 0.717) is 11.6 Å². The van der Waals surface area contributed by atoms with E-state index in [1.807, 2.05) is 39.0 Å². The van der Waals surface area contributed by atoms with Gasteiger partial charge < -0.3 is 10.6 Å². The van der Waals surface area contributed by atoms with Crippen molar-refractivity contribution in [2.24, 2.45) is 0 Å². The van der Waals surface area contributed by atoms with Gasteiger partial charge in [0.2, 0.25) is 5.95 Å². The molecule has 1 aromatic carbocycles. The molecule has 2 N–H and O–H groups in total. The van der Waals surface area contributed by atoms with Gasteiger partial charge in [0.25, 0.3) is 5.91 Å². The number of aromatic nitrogens is 2. The summed E-state index contributed by atoms with van der Waals surface area (Å²) in [5.41, 5.74) is 4.24. The Morgan fingerprint density at radius 3 is 2.55 bits per heavy atom. The number of anilines is 2. The lowest BCUT2D eigenvalue weighted by Gasteiger charge is -2.09. The van der Waals surface area contributed by atoms with Crippen LogP contribution in [0, 0.1) is 20.8 Å². The van der Waals surface area contributed by atoms with Gasteiger partial charge in [0.05, 0.1) is 0 Å². The van der Waals surface area contributed by atoms with Crippen LogP contribution in [0.2, 0.25) is 0 Å². The third-order valence-electron chi connectivity index (χ3n) is 3.38. The van der Waals surface area contributed by atoms with Crippen LogP contribution >= 0.6 is 0 Å². The van der Waals surface area contributed by atoms with Gasteiger partial charge in [-0.1, -0.05) is 13.0 Å². The zero-order valence-electron chi connectivity index (χ0n) is 13.5. The Kier molecular flexibility index (Phi) is 5.09. The molecular weight excluding hydrogens is 276 g/mol. The van der Waals surface area contributed by atoms with Gasteiger partial charge in [0.1, 0.15) is 5.69 Å². The van der Waals surface area contributed by atoms with Crippen molar-refractivity contribution in [1.29, 1.82) is 0 Å². The SMILES string of the molecule is CCCNc1nc(C)cc(C(=O)Nc2ccc(C)c(C)c2)n1. The van der Waals surface area contributed by atoms with Gasteiger partial charge in [-0.3, -0.25) is 4.79 Å². The molecule has 5 nitrogen and oxygen atoms in total. The predicted octanol–water partition coefficient (Wildman–Crippen LogP) is 3.48. The molecule has 0 radical (unpaired) electrons. The van der Waals surface area contributed by atoms with Crippen molar-refractivity contribution in [2.45, 2.75) is 34.1 Å². The molecular formula is C17H22N4O. The summed E-state index contributed by atoms with van der Waals surface area (Å²) in [6, 6.07) is 7.53. The van der Waals surface area contributed by atoms with E-state index in [4.69, 9.17) is 0 Å². The highest BCUT2D eigenvalue weighted by Gasteiger charge is 2.11. The summed E-state index contributed by atoms with van der Waals surface area (Å²) in [6.45, 7) is 8.76. The molecule has 0 bridgehead atoms. The summed E-state index contributed by atoms with van der Waals surface area (Å²) in [5, 5.41) is 5.99. The van der Waals surface area contributed by atoms with Crippen LogP contribution in [0.1, 0.15) is 40.7 Å². The van der Waals surface area contributed by atoms with E-state index in [1.54, 1.807) is 6.07 Å². The summed E-state index contributed by atoms with van der Waals surface area (Å²) < 4.78 is 0. The lowest BCUT2D eigenvalue weighted by atomic mass is 10.1. The molecule has 2 aromatic rings. The topological polar surface area (TPSA) is 66.9 Å². The lowest BCUT2D eigenvalue weighted by molar-refractivity contribution is 0.102. The fourth-order valence-corrected chi connectivity index (χ4v) is 2.02. The van der Waals surface area contributed by atoms with Crippen molar-refractivity contribution >= 4 is 17.5 Å². The van der Waals surface area contributed by atoms with Crippen molar-refractivity contribution in [2.75, 3.05) is 17.2 Å². The maximum absolute atomic E-state index is 12.4. The quantitative estimate of drug-likeness (QED) is 0.887. The average Bonchev–Trinajstić information content (AvgIpc) is 2.48. The summed E-state index contributed by atoms with van der Waals surface area (Å²) in [5.74, 6) is 0.264. The predicted molar refractivity (Wildman–Crippen MR) is 89.4 cm³/mol. The number of aryl methyl sites for hydroxylation is 3. The highest BCUT2D eigenvalue weighted by Crippen LogP contribution is 2.15. The zero-order chi connectivity index (χ0) is 16.1. The minimum atomic E-state index is -0.228. The molecule has 1 heterocycles. The summed E-state index contributed by atoms with van der Waals surface area (Å²) in [7, 11) is 0. The molecule has 1 aromatic heterocycles. The second-order valence-electron chi connectivity index (χ2n) is 5.40. The van der Waals surface area contributed by atoms with Crippen LogP contribution in [0.25, 0.3) is 0 Å². The number of benzene rings is 1. The van der Waals surface area contributed by atoms with Gasteiger partial charge in [0.15, 0.2) is 0 Å². The number of carbonyl (C=O) groups excluding carboxylic acids is 1. The second-order valence-corrected chi connectivity index (χ2v) is 5.40. The van der Waals surface area contributed by atoms with Crippen molar-refractivity contribution in [3.05, 3.63) is 46.8 Å². The first-order valence-corrected chi connectivity index (χ1v) is 7.47. The summed E-state index contributed by atoms with van der Waals surface area (Å²) in [4.78, 5) is 20.9. The van der Waals surface area contributed by atoms with Crippen molar-refractivity contribution in [3.63, 3.8) is 0 Å². The van der Waals surface area contributed by atoms with Crippen LogP contribution in [0.5, 0.6) is 0 Å². The molecule has 116 valence electrons. The first-order chi connectivity index (χ1) is 10.5. The van der Waals surface area contributed by atoms with Crippen LogP contribution in [0.15, 0.2) is 24.3 Å². The molecule has 0 aliphatic heterocycles. The number of nitrogens with zero attached hydrogens (tertiary/aromatic N) is 2. The standard InChI is InChI=1S/C17H22N4O/c1-5-8-18-17-19-13(4)10-15(21-17)16(22)20-14-7-6-11(2)12(3)9-14/h6-7,9-10H,5,8H2,1-4H3,(H,20,22)(H,18,19,21). The van der Waals surface area contributed by atoms with Gasteiger partial charge >= 0.3 is 0 Å². The first kappa shape index (κ1) is 15.9. The third-order valence-corrected chi connectivity index (χ3v) is 3.38. The van der Waals surface area contributed by atoms with Crippen molar-refractivity contribution < 1.29 is 4.79 Å². The van der Waals surface area contributed by atoms with Gasteiger partial charge in [-0.25, -0.2) is 9.97 Å². The number of amides is 1. The molecule has 0 atom stereocenters. The largest absolute Gasteiger partial charge is 0.354 e. The van der Waals surface area contributed by atoms with E-state index in [2.05, 4.69) is 27.5 Å². The third kappa shape index (κ3) is 4.04. The molecule has 2 rings (SSSR count). The van der Waals surface area contributed by atoms with Crippen LogP contribution in [-0.4, -0.2) is 22.4 Å². The summed E-state index contributed by atoms with van der Waals surface area (Å²) in [6.07, 6.45) is 0.974. The Labute approximate surface area is 131 Å². The Morgan fingerprint density at radius 2 is 1.86 bits per heavy atom. The molecule has 0 spiro atoms. The monoisotopic (exact) mass is 298 g/mol. The highest BCUT2D eigenvalue weighted by atomic mass is 16.1. The van der Waals surface area contributed by atoms with Crippen LogP contribution in [-0.2, 0) is 0 Å². The van der Waals surface area contributed by atoms with E-state index >= 15 is 0 Å². The summed E-state index contributed by atoms with van der Waals surface area (Å²) >= 11 is 0. The smallest absolute Gasteiger partial charge is 0.274 e. The average molecular weight is 298 g/mol. The van der Waals surface area contributed by atoms with Gasteiger partial charge in [-0.05, 0) is 56.5 Å². The van der Waals surface area contributed by atoms with E-state index < -0.39 is 0 Å². The van der Waals surface area contributed by atoms with Gasteiger partial charge in [0, 0.05) is 17.9 Å². The van der Waals surface area contributed by atoms with E-state index in [1.165, 1.54) is 5.56 Å². The van der Waals surface area contributed by atoms with Crippen LogP contribution in [0.4, 0.5) is 11.6 Å². The fourth-order valence-electron chi connectivity index (χ4n) is 2.02. The molecule has 5 heteroatoms. The molecule has 0 aliphatic rings. The minimum Gasteiger partial charge on any atom is -0.354 e. The first-order valence-electron chi connectivity index (χ1n) is 7.47. The number of hydrogen-bond acceptors (Lipinski definition) is 4.